The van der Waals surface area contributed by atoms with Gasteiger partial charge in [-0.25, -0.2) is 9.78 Å². The Bertz CT molecular complexity index is 431. The zero-order chi connectivity index (χ0) is 11.6. The summed E-state index contributed by atoms with van der Waals surface area (Å²) in [6.45, 7) is 5.15. The van der Waals surface area contributed by atoms with Crippen molar-refractivity contribution in [1.29, 1.82) is 0 Å². The van der Waals surface area contributed by atoms with Crippen molar-refractivity contribution < 1.29 is 9.53 Å². The van der Waals surface area contributed by atoms with E-state index < -0.39 is 17.1 Å². The number of aromatic amines is 1. The smallest absolute Gasteiger partial charge is 0.375 e. The molecule has 1 aromatic heterocycles. The Morgan fingerprint density at radius 3 is 2.60 bits per heavy atom. The van der Waals surface area contributed by atoms with Crippen LogP contribution < -0.4 is 11.3 Å². The first-order valence-corrected chi connectivity index (χ1v) is 4.38. The van der Waals surface area contributed by atoms with E-state index in [0.717, 1.165) is 6.07 Å². The average Bonchev–Trinajstić information content (AvgIpc) is 1.98. The summed E-state index contributed by atoms with van der Waals surface area (Å²) in [5.74, 6) is -0.901. The quantitative estimate of drug-likeness (QED) is 0.651. The predicted octanol–water partition coefficient (Wildman–Crippen LogP) is 0.307. The van der Waals surface area contributed by atoms with E-state index in [1.54, 1.807) is 20.8 Å². The Balaban J connectivity index is 2.97. The Kier molecular flexibility index (Phi) is 2.78. The molecule has 0 aromatic carbocycles. The van der Waals surface area contributed by atoms with Crippen molar-refractivity contribution in [2.45, 2.75) is 26.4 Å². The van der Waals surface area contributed by atoms with Gasteiger partial charge in [-0.3, -0.25) is 4.79 Å². The van der Waals surface area contributed by atoms with Gasteiger partial charge in [-0.15, -0.1) is 0 Å². The third-order valence-electron chi connectivity index (χ3n) is 1.35. The number of carbonyl (C=O) groups is 1. The lowest BCUT2D eigenvalue weighted by Gasteiger charge is -2.18. The Morgan fingerprint density at radius 1 is 1.53 bits per heavy atom. The molecule has 0 unspecified atom stereocenters. The summed E-state index contributed by atoms with van der Waals surface area (Å²) < 4.78 is 5.01. The van der Waals surface area contributed by atoms with Crippen LogP contribution in [0.25, 0.3) is 0 Å². The molecule has 0 spiro atoms. The molecule has 3 N–H and O–H groups in total. The number of nitrogens with zero attached hydrogens (tertiary/aromatic N) is 1. The SMILES string of the molecule is CC(C)(C)OC(=O)c1nc(N)cc(=O)[nH]1. The summed E-state index contributed by atoms with van der Waals surface area (Å²) in [5.41, 5.74) is 4.20. The molecule has 0 bridgehead atoms. The molecule has 6 heteroatoms. The molecule has 1 rings (SSSR count). The fraction of sp³-hybridized carbons (Fsp3) is 0.444. The van der Waals surface area contributed by atoms with Crippen molar-refractivity contribution in [1.82, 2.24) is 9.97 Å². The van der Waals surface area contributed by atoms with Gasteiger partial charge in [-0.1, -0.05) is 0 Å². The molecule has 0 aliphatic carbocycles. The van der Waals surface area contributed by atoms with Crippen molar-refractivity contribution in [3.8, 4) is 0 Å². The number of carbonyl (C=O) groups excluding carboxylic acids is 1. The highest BCUT2D eigenvalue weighted by Gasteiger charge is 2.19. The number of anilines is 1. The fourth-order valence-electron chi connectivity index (χ4n) is 0.900. The number of hydrogen-bond donors (Lipinski definition) is 2. The van der Waals surface area contributed by atoms with Gasteiger partial charge in [0.05, 0.1) is 0 Å². The van der Waals surface area contributed by atoms with E-state index in [-0.39, 0.29) is 11.6 Å². The number of aromatic nitrogens is 2. The van der Waals surface area contributed by atoms with Gasteiger partial charge in [0.25, 0.3) is 5.56 Å². The number of rotatable bonds is 1. The van der Waals surface area contributed by atoms with E-state index in [1.165, 1.54) is 0 Å². The van der Waals surface area contributed by atoms with Crippen LogP contribution in [0.2, 0.25) is 0 Å². The summed E-state index contributed by atoms with van der Waals surface area (Å²) >= 11 is 0. The highest BCUT2D eigenvalue weighted by Crippen LogP contribution is 2.09. The van der Waals surface area contributed by atoms with Gasteiger partial charge >= 0.3 is 5.97 Å². The summed E-state index contributed by atoms with van der Waals surface area (Å²) in [4.78, 5) is 28.4. The van der Waals surface area contributed by atoms with E-state index in [9.17, 15) is 9.59 Å². The number of nitrogen functional groups attached to an aromatic ring is 1. The minimum Gasteiger partial charge on any atom is -0.454 e. The Hall–Kier alpha value is -1.85. The molecule has 1 heterocycles. The van der Waals surface area contributed by atoms with Gasteiger partial charge in [-0.05, 0) is 20.8 Å². The highest BCUT2D eigenvalue weighted by atomic mass is 16.6. The van der Waals surface area contributed by atoms with E-state index in [1.807, 2.05) is 0 Å². The van der Waals surface area contributed by atoms with Crippen LogP contribution in [0.3, 0.4) is 0 Å². The standard InChI is InChI=1S/C9H13N3O3/c1-9(2,3)15-8(14)7-11-5(10)4-6(13)12-7/h4H,1-3H3,(H3,10,11,12,13). The monoisotopic (exact) mass is 211 g/mol. The lowest BCUT2D eigenvalue weighted by Crippen LogP contribution is -2.27. The summed E-state index contributed by atoms with van der Waals surface area (Å²) in [7, 11) is 0. The van der Waals surface area contributed by atoms with Gasteiger partial charge in [-0.2, -0.15) is 0 Å². The van der Waals surface area contributed by atoms with Crippen LogP contribution in [0.1, 0.15) is 31.4 Å². The number of ether oxygens (including phenoxy) is 1. The lowest BCUT2D eigenvalue weighted by molar-refractivity contribution is 0.00553. The Labute approximate surface area is 86.5 Å². The molecular weight excluding hydrogens is 198 g/mol. The molecule has 0 aliphatic rings. The van der Waals surface area contributed by atoms with Crippen LogP contribution in [-0.4, -0.2) is 21.5 Å². The van der Waals surface area contributed by atoms with Crippen LogP contribution in [0.15, 0.2) is 10.9 Å². The minimum absolute atomic E-state index is 0.0143. The molecule has 0 fully saturated rings. The third kappa shape index (κ3) is 3.41. The Morgan fingerprint density at radius 2 is 2.13 bits per heavy atom. The maximum atomic E-state index is 11.5. The zero-order valence-electron chi connectivity index (χ0n) is 8.83. The maximum absolute atomic E-state index is 11.5. The molecule has 0 atom stereocenters. The first-order valence-electron chi connectivity index (χ1n) is 4.38. The molecular formula is C9H13N3O3. The molecule has 0 saturated heterocycles. The van der Waals surface area contributed by atoms with Crippen LogP contribution in [0.5, 0.6) is 0 Å². The molecule has 82 valence electrons. The molecule has 0 saturated carbocycles. The largest absolute Gasteiger partial charge is 0.454 e. The second-order valence-electron chi connectivity index (χ2n) is 4.02. The number of nitrogens with one attached hydrogen (secondary N) is 1. The van der Waals surface area contributed by atoms with Gasteiger partial charge in [0.15, 0.2) is 0 Å². The van der Waals surface area contributed by atoms with E-state index in [2.05, 4.69) is 9.97 Å². The molecule has 6 nitrogen and oxygen atoms in total. The van der Waals surface area contributed by atoms with Crippen molar-refractivity contribution >= 4 is 11.8 Å². The van der Waals surface area contributed by atoms with Gasteiger partial charge in [0, 0.05) is 6.07 Å². The number of hydrogen-bond acceptors (Lipinski definition) is 5. The van der Waals surface area contributed by atoms with E-state index in [0.29, 0.717) is 0 Å². The maximum Gasteiger partial charge on any atom is 0.375 e. The van der Waals surface area contributed by atoms with Gasteiger partial charge in [0.1, 0.15) is 11.4 Å². The first kappa shape index (κ1) is 11.2. The summed E-state index contributed by atoms with van der Waals surface area (Å²) in [5, 5.41) is 0. The zero-order valence-corrected chi connectivity index (χ0v) is 8.83. The highest BCUT2D eigenvalue weighted by molar-refractivity contribution is 5.85. The molecule has 1 aromatic rings. The lowest BCUT2D eigenvalue weighted by atomic mass is 10.2. The first-order chi connectivity index (χ1) is 6.78. The number of H-pyrrole nitrogens is 1. The van der Waals surface area contributed by atoms with E-state index in [4.69, 9.17) is 10.5 Å². The topological polar surface area (TPSA) is 98.1 Å². The third-order valence-corrected chi connectivity index (χ3v) is 1.35. The summed E-state index contributed by atoms with van der Waals surface area (Å²) in [6.07, 6.45) is 0. The second kappa shape index (κ2) is 3.72. The fourth-order valence-corrected chi connectivity index (χ4v) is 0.900. The molecule has 0 radical (unpaired) electrons. The van der Waals surface area contributed by atoms with Crippen molar-refractivity contribution in [2.24, 2.45) is 0 Å². The van der Waals surface area contributed by atoms with Gasteiger partial charge in [0.2, 0.25) is 5.82 Å². The van der Waals surface area contributed by atoms with Crippen LogP contribution in [-0.2, 0) is 4.74 Å². The minimum atomic E-state index is -0.702. The number of nitrogens with two attached hydrogens (primary N) is 1. The molecule has 0 amide bonds. The molecule has 0 aliphatic heterocycles. The van der Waals surface area contributed by atoms with Crippen molar-refractivity contribution in [3.05, 3.63) is 22.2 Å². The average molecular weight is 211 g/mol. The van der Waals surface area contributed by atoms with Crippen molar-refractivity contribution in [3.63, 3.8) is 0 Å². The van der Waals surface area contributed by atoms with Crippen LogP contribution >= 0.6 is 0 Å². The van der Waals surface area contributed by atoms with Crippen LogP contribution in [0.4, 0.5) is 5.82 Å². The van der Waals surface area contributed by atoms with Crippen molar-refractivity contribution in [2.75, 3.05) is 5.73 Å². The van der Waals surface area contributed by atoms with Crippen LogP contribution in [0, 0.1) is 0 Å². The normalized spacial score (nSPS) is 11.1. The van der Waals surface area contributed by atoms with E-state index >= 15 is 0 Å². The summed E-state index contributed by atoms with van der Waals surface area (Å²) in [6, 6.07) is 1.09. The molecule has 15 heavy (non-hydrogen) atoms. The predicted molar refractivity (Wildman–Crippen MR) is 54.4 cm³/mol. The second-order valence-corrected chi connectivity index (χ2v) is 4.02. The van der Waals surface area contributed by atoms with Gasteiger partial charge < -0.3 is 15.5 Å². The number of esters is 1.